The minimum Gasteiger partial charge on any atom is -0.361 e. The molecule has 0 radical (unpaired) electrons. The molecule has 3 rings (SSSR count). The van der Waals surface area contributed by atoms with E-state index in [0.29, 0.717) is 6.42 Å². The molecule has 1 aliphatic rings. The molecule has 0 saturated carbocycles. The summed E-state index contributed by atoms with van der Waals surface area (Å²) in [4.78, 5) is 17.8. The second-order valence-electron chi connectivity index (χ2n) is 6.00. The van der Waals surface area contributed by atoms with E-state index in [-0.39, 0.29) is 11.4 Å². The predicted molar refractivity (Wildman–Crippen MR) is 77.0 cm³/mol. The number of nitrogens with zero attached hydrogens (tertiary/aromatic N) is 1. The maximum absolute atomic E-state index is 12.5. The standard InChI is InChI=1S/C16H20N2O/c1-16(2)8-5-9-18(16)15(19)10-12-11-17-14-7-4-3-6-13(12)14/h3-4,6-7,11,17H,5,8-10H2,1-2H3. The van der Waals surface area contributed by atoms with Gasteiger partial charge in [-0.2, -0.15) is 0 Å². The van der Waals surface area contributed by atoms with Gasteiger partial charge in [-0.25, -0.2) is 0 Å². The Morgan fingerprint density at radius 1 is 1.37 bits per heavy atom. The number of hydrogen-bond donors (Lipinski definition) is 1. The Kier molecular flexibility index (Phi) is 2.85. The Labute approximate surface area is 113 Å². The van der Waals surface area contributed by atoms with Crippen LogP contribution in [-0.4, -0.2) is 27.9 Å². The number of para-hydroxylation sites is 1. The molecule has 3 nitrogen and oxygen atoms in total. The Morgan fingerprint density at radius 3 is 2.89 bits per heavy atom. The van der Waals surface area contributed by atoms with E-state index in [0.717, 1.165) is 35.9 Å². The van der Waals surface area contributed by atoms with Crippen molar-refractivity contribution in [1.29, 1.82) is 0 Å². The quantitative estimate of drug-likeness (QED) is 0.880. The molecule has 1 fully saturated rings. The molecule has 0 spiro atoms. The minimum absolute atomic E-state index is 0.0171. The lowest BCUT2D eigenvalue weighted by Crippen LogP contribution is -2.43. The molecule has 0 bridgehead atoms. The van der Waals surface area contributed by atoms with Gasteiger partial charge in [0, 0.05) is 29.2 Å². The van der Waals surface area contributed by atoms with Crippen LogP contribution in [0.1, 0.15) is 32.3 Å². The highest BCUT2D eigenvalue weighted by Crippen LogP contribution is 2.29. The van der Waals surface area contributed by atoms with Crippen molar-refractivity contribution in [2.45, 2.75) is 38.6 Å². The molecular weight excluding hydrogens is 236 g/mol. The maximum Gasteiger partial charge on any atom is 0.227 e. The molecule has 1 aromatic heterocycles. The Morgan fingerprint density at radius 2 is 2.16 bits per heavy atom. The number of amides is 1. The summed E-state index contributed by atoms with van der Waals surface area (Å²) in [5.41, 5.74) is 2.22. The normalized spacial score (nSPS) is 18.1. The topological polar surface area (TPSA) is 36.1 Å². The van der Waals surface area contributed by atoms with Crippen LogP contribution in [0.2, 0.25) is 0 Å². The monoisotopic (exact) mass is 256 g/mol. The fourth-order valence-electron chi connectivity index (χ4n) is 3.11. The van der Waals surface area contributed by atoms with Gasteiger partial charge in [-0.05, 0) is 38.3 Å². The molecule has 3 heteroatoms. The maximum atomic E-state index is 12.5. The second-order valence-corrected chi connectivity index (χ2v) is 6.00. The number of aromatic nitrogens is 1. The molecular formula is C16H20N2O. The van der Waals surface area contributed by atoms with E-state index >= 15 is 0 Å². The number of fused-ring (bicyclic) bond motifs is 1. The predicted octanol–water partition coefficient (Wildman–Crippen LogP) is 3.11. The fourth-order valence-corrected chi connectivity index (χ4v) is 3.11. The van der Waals surface area contributed by atoms with Gasteiger partial charge in [0.15, 0.2) is 0 Å². The molecule has 19 heavy (non-hydrogen) atoms. The van der Waals surface area contributed by atoms with Gasteiger partial charge >= 0.3 is 0 Å². The molecule has 0 aliphatic carbocycles. The van der Waals surface area contributed by atoms with Crippen LogP contribution in [0.3, 0.4) is 0 Å². The zero-order valence-corrected chi connectivity index (χ0v) is 11.6. The van der Waals surface area contributed by atoms with Gasteiger partial charge in [-0.15, -0.1) is 0 Å². The van der Waals surface area contributed by atoms with Gasteiger partial charge < -0.3 is 9.88 Å². The van der Waals surface area contributed by atoms with Crippen LogP contribution in [-0.2, 0) is 11.2 Å². The summed E-state index contributed by atoms with van der Waals surface area (Å²) in [7, 11) is 0. The lowest BCUT2D eigenvalue weighted by molar-refractivity contribution is -0.133. The lowest BCUT2D eigenvalue weighted by atomic mass is 10.0. The van der Waals surface area contributed by atoms with E-state index in [1.54, 1.807) is 0 Å². The third-order valence-corrected chi connectivity index (χ3v) is 4.22. The molecule has 1 saturated heterocycles. The fraction of sp³-hybridized carbons (Fsp3) is 0.438. The molecule has 1 N–H and O–H groups in total. The third kappa shape index (κ3) is 2.14. The van der Waals surface area contributed by atoms with Gasteiger partial charge in [0.2, 0.25) is 5.91 Å². The van der Waals surface area contributed by atoms with Gasteiger partial charge in [0.1, 0.15) is 0 Å². The highest BCUT2D eigenvalue weighted by Gasteiger charge is 2.35. The van der Waals surface area contributed by atoms with Crippen LogP contribution >= 0.6 is 0 Å². The van der Waals surface area contributed by atoms with E-state index in [1.807, 2.05) is 29.3 Å². The number of nitrogens with one attached hydrogen (secondary N) is 1. The summed E-state index contributed by atoms with van der Waals surface area (Å²) in [6.07, 6.45) is 4.68. The van der Waals surface area contributed by atoms with Crippen molar-refractivity contribution in [3.05, 3.63) is 36.0 Å². The smallest absolute Gasteiger partial charge is 0.227 e. The third-order valence-electron chi connectivity index (χ3n) is 4.22. The number of hydrogen-bond acceptors (Lipinski definition) is 1. The van der Waals surface area contributed by atoms with Crippen LogP contribution in [0.4, 0.5) is 0 Å². The summed E-state index contributed by atoms with van der Waals surface area (Å²) in [6, 6.07) is 8.14. The Bertz CT molecular complexity index is 612. The van der Waals surface area contributed by atoms with Crippen molar-refractivity contribution in [3.63, 3.8) is 0 Å². The molecule has 2 heterocycles. The van der Waals surface area contributed by atoms with Crippen LogP contribution < -0.4 is 0 Å². The van der Waals surface area contributed by atoms with Crippen molar-refractivity contribution in [3.8, 4) is 0 Å². The van der Waals surface area contributed by atoms with E-state index < -0.39 is 0 Å². The number of carbonyl (C=O) groups excluding carboxylic acids is 1. The van der Waals surface area contributed by atoms with Crippen molar-refractivity contribution in [2.75, 3.05) is 6.54 Å². The van der Waals surface area contributed by atoms with Crippen molar-refractivity contribution in [1.82, 2.24) is 9.88 Å². The molecule has 2 aromatic rings. The number of benzene rings is 1. The van der Waals surface area contributed by atoms with Crippen LogP contribution in [0.15, 0.2) is 30.5 Å². The Balaban J connectivity index is 1.83. The number of H-pyrrole nitrogens is 1. The average Bonchev–Trinajstić information content (AvgIpc) is 2.93. The number of rotatable bonds is 2. The summed E-state index contributed by atoms with van der Waals surface area (Å²) in [6.45, 7) is 5.22. The Hall–Kier alpha value is -1.77. The molecule has 1 aromatic carbocycles. The van der Waals surface area contributed by atoms with Crippen molar-refractivity contribution < 1.29 is 4.79 Å². The second kappa shape index (κ2) is 4.41. The molecule has 0 atom stereocenters. The first-order chi connectivity index (χ1) is 9.08. The lowest BCUT2D eigenvalue weighted by Gasteiger charge is -2.31. The van der Waals surface area contributed by atoms with Gasteiger partial charge in [0.25, 0.3) is 0 Å². The van der Waals surface area contributed by atoms with E-state index in [9.17, 15) is 4.79 Å². The van der Waals surface area contributed by atoms with Crippen molar-refractivity contribution >= 4 is 16.8 Å². The molecule has 100 valence electrons. The average molecular weight is 256 g/mol. The number of carbonyl (C=O) groups is 1. The van der Waals surface area contributed by atoms with E-state index in [2.05, 4.69) is 24.9 Å². The van der Waals surface area contributed by atoms with Gasteiger partial charge in [0.05, 0.1) is 6.42 Å². The zero-order chi connectivity index (χ0) is 13.5. The highest BCUT2D eigenvalue weighted by atomic mass is 16.2. The number of aromatic amines is 1. The minimum atomic E-state index is 0.0171. The molecule has 1 amide bonds. The summed E-state index contributed by atoms with van der Waals surface area (Å²) in [5, 5.41) is 1.16. The largest absolute Gasteiger partial charge is 0.361 e. The van der Waals surface area contributed by atoms with E-state index in [1.165, 1.54) is 0 Å². The van der Waals surface area contributed by atoms with Crippen molar-refractivity contribution in [2.24, 2.45) is 0 Å². The first kappa shape index (κ1) is 12.3. The number of likely N-dealkylation sites (tertiary alicyclic amines) is 1. The first-order valence-corrected chi connectivity index (χ1v) is 6.93. The SMILES string of the molecule is CC1(C)CCCN1C(=O)Cc1c[nH]c2ccccc12. The summed E-state index contributed by atoms with van der Waals surface area (Å²) < 4.78 is 0. The van der Waals surface area contributed by atoms with Crippen LogP contribution in [0.5, 0.6) is 0 Å². The van der Waals surface area contributed by atoms with E-state index in [4.69, 9.17) is 0 Å². The summed E-state index contributed by atoms with van der Waals surface area (Å²) >= 11 is 0. The highest BCUT2D eigenvalue weighted by molar-refractivity contribution is 5.89. The molecule has 1 aliphatic heterocycles. The summed E-state index contributed by atoms with van der Waals surface area (Å²) in [5.74, 6) is 0.243. The van der Waals surface area contributed by atoms with Gasteiger partial charge in [-0.3, -0.25) is 4.79 Å². The molecule has 0 unspecified atom stereocenters. The van der Waals surface area contributed by atoms with Crippen LogP contribution in [0, 0.1) is 0 Å². The van der Waals surface area contributed by atoms with Gasteiger partial charge in [-0.1, -0.05) is 18.2 Å². The zero-order valence-electron chi connectivity index (χ0n) is 11.6. The van der Waals surface area contributed by atoms with Crippen LogP contribution in [0.25, 0.3) is 10.9 Å². The first-order valence-electron chi connectivity index (χ1n) is 6.93.